The van der Waals surface area contributed by atoms with E-state index in [1.165, 1.54) is 76.0 Å². The van der Waals surface area contributed by atoms with Crippen molar-refractivity contribution >= 4 is 64.9 Å². The Bertz CT molecular complexity index is 2100. The van der Waals surface area contributed by atoms with Crippen LogP contribution in [-0.4, -0.2) is 9.55 Å². The van der Waals surface area contributed by atoms with Crippen LogP contribution in [0.2, 0.25) is 0 Å². The smallest absolute Gasteiger partial charge is 0.0677 e. The predicted molar refractivity (Wildman–Crippen MR) is 150 cm³/mol. The minimum absolute atomic E-state index is 0.922. The molecule has 8 rings (SSSR count). The quantitative estimate of drug-likeness (QED) is 0.242. The molecule has 0 saturated carbocycles. The first-order chi connectivity index (χ1) is 17.3. The maximum atomic E-state index is 4.43. The number of hydrogen-bond donors (Lipinski definition) is 0. The molecule has 0 aliphatic heterocycles. The molecule has 6 aromatic carbocycles. The summed E-state index contributed by atoms with van der Waals surface area (Å²) in [5.41, 5.74) is 5.05. The van der Waals surface area contributed by atoms with Crippen LogP contribution >= 0.6 is 0 Å². The molecule has 2 aromatic heterocycles. The number of rotatable bonds is 2. The Morgan fingerprint density at radius 3 is 2.29 bits per heavy atom. The van der Waals surface area contributed by atoms with Gasteiger partial charge in [0.1, 0.15) is 0 Å². The van der Waals surface area contributed by atoms with Crippen molar-refractivity contribution in [2.45, 2.75) is 13.5 Å². The molecule has 0 bridgehead atoms. The van der Waals surface area contributed by atoms with Crippen LogP contribution in [-0.2, 0) is 6.54 Å². The second-order valence-corrected chi connectivity index (χ2v) is 9.51. The van der Waals surface area contributed by atoms with Gasteiger partial charge in [-0.3, -0.25) is 4.98 Å². The van der Waals surface area contributed by atoms with Gasteiger partial charge in [-0.15, -0.1) is 0 Å². The highest BCUT2D eigenvalue weighted by Gasteiger charge is 2.18. The number of aromatic nitrogens is 2. The SMILES string of the molecule is CCn1c2cnccc2c2c3ccc4ccc(-c5ccc6ccccc6c5)c5ccc(cc21)c3c45. The largest absolute Gasteiger partial charge is 0.339 e. The molecule has 0 aliphatic rings. The summed E-state index contributed by atoms with van der Waals surface area (Å²) >= 11 is 0. The second kappa shape index (κ2) is 6.80. The minimum atomic E-state index is 0.922. The van der Waals surface area contributed by atoms with Crippen molar-refractivity contribution in [2.75, 3.05) is 0 Å². The average molecular weight is 447 g/mol. The Hall–Kier alpha value is -4.43. The topological polar surface area (TPSA) is 17.8 Å². The van der Waals surface area contributed by atoms with E-state index in [0.717, 1.165) is 6.54 Å². The first-order valence-electron chi connectivity index (χ1n) is 12.3. The Balaban J connectivity index is 1.53. The fourth-order valence-corrected chi connectivity index (χ4v) is 6.25. The van der Waals surface area contributed by atoms with Gasteiger partial charge in [0.15, 0.2) is 0 Å². The molecule has 2 heteroatoms. The molecular formula is C33H22N2. The lowest BCUT2D eigenvalue weighted by Gasteiger charge is -2.16. The van der Waals surface area contributed by atoms with Crippen molar-refractivity contribution in [3.8, 4) is 11.1 Å². The van der Waals surface area contributed by atoms with Crippen LogP contribution in [0.1, 0.15) is 6.92 Å². The lowest BCUT2D eigenvalue weighted by atomic mass is 9.88. The van der Waals surface area contributed by atoms with Crippen LogP contribution in [0.4, 0.5) is 0 Å². The zero-order chi connectivity index (χ0) is 23.1. The highest BCUT2D eigenvalue weighted by atomic mass is 15.0. The number of fused-ring (bicyclic) bond motifs is 5. The zero-order valence-electron chi connectivity index (χ0n) is 19.4. The van der Waals surface area contributed by atoms with Gasteiger partial charge in [0.2, 0.25) is 0 Å². The molecule has 2 nitrogen and oxygen atoms in total. The number of nitrogens with zero attached hydrogens (tertiary/aromatic N) is 2. The highest BCUT2D eigenvalue weighted by molar-refractivity contribution is 6.33. The maximum Gasteiger partial charge on any atom is 0.0677 e. The van der Waals surface area contributed by atoms with E-state index in [2.05, 4.69) is 107 Å². The maximum absolute atomic E-state index is 4.43. The van der Waals surface area contributed by atoms with Crippen molar-refractivity contribution < 1.29 is 0 Å². The van der Waals surface area contributed by atoms with Crippen LogP contribution in [0.25, 0.3) is 76.0 Å². The van der Waals surface area contributed by atoms with E-state index in [-0.39, 0.29) is 0 Å². The summed E-state index contributed by atoms with van der Waals surface area (Å²) in [4.78, 5) is 4.43. The van der Waals surface area contributed by atoms with E-state index < -0.39 is 0 Å². The van der Waals surface area contributed by atoms with Crippen LogP contribution in [0.5, 0.6) is 0 Å². The van der Waals surface area contributed by atoms with Gasteiger partial charge >= 0.3 is 0 Å². The van der Waals surface area contributed by atoms with Crippen molar-refractivity contribution in [3.63, 3.8) is 0 Å². The molecule has 0 unspecified atom stereocenters. The molecule has 35 heavy (non-hydrogen) atoms. The molecule has 0 fully saturated rings. The summed E-state index contributed by atoms with van der Waals surface area (Å²) in [6.45, 7) is 3.14. The van der Waals surface area contributed by atoms with E-state index in [1.807, 2.05) is 12.4 Å². The van der Waals surface area contributed by atoms with E-state index in [4.69, 9.17) is 0 Å². The van der Waals surface area contributed by atoms with E-state index >= 15 is 0 Å². The molecule has 0 atom stereocenters. The number of aryl methyl sites for hydroxylation is 1. The van der Waals surface area contributed by atoms with Crippen molar-refractivity contribution in [3.05, 3.63) is 103 Å². The molecule has 8 aromatic rings. The van der Waals surface area contributed by atoms with Gasteiger partial charge in [0.05, 0.1) is 17.2 Å². The molecule has 0 N–H and O–H groups in total. The third kappa shape index (κ3) is 2.46. The van der Waals surface area contributed by atoms with Crippen LogP contribution < -0.4 is 0 Å². The number of benzene rings is 6. The van der Waals surface area contributed by atoms with Crippen LogP contribution in [0, 0.1) is 0 Å². The van der Waals surface area contributed by atoms with Gasteiger partial charge in [-0.2, -0.15) is 0 Å². The second-order valence-electron chi connectivity index (χ2n) is 9.51. The monoisotopic (exact) mass is 446 g/mol. The molecule has 0 radical (unpaired) electrons. The third-order valence-electron chi connectivity index (χ3n) is 7.79. The van der Waals surface area contributed by atoms with Gasteiger partial charge in [-0.1, -0.05) is 72.8 Å². The zero-order valence-corrected chi connectivity index (χ0v) is 19.4. The predicted octanol–water partition coefficient (Wildman–Crippen LogP) is 8.93. The first kappa shape index (κ1) is 18.9. The summed E-state index contributed by atoms with van der Waals surface area (Å²) < 4.78 is 2.40. The molecule has 0 spiro atoms. The summed E-state index contributed by atoms with van der Waals surface area (Å²) in [5, 5.41) is 13.1. The van der Waals surface area contributed by atoms with Crippen molar-refractivity contribution in [2.24, 2.45) is 0 Å². The summed E-state index contributed by atoms with van der Waals surface area (Å²) in [5.74, 6) is 0. The number of pyridine rings is 1. The minimum Gasteiger partial charge on any atom is -0.339 e. The van der Waals surface area contributed by atoms with Gasteiger partial charge in [-0.25, -0.2) is 0 Å². The molecular weight excluding hydrogens is 424 g/mol. The Labute approximate surface area is 202 Å². The van der Waals surface area contributed by atoms with Gasteiger partial charge < -0.3 is 4.57 Å². The molecule has 164 valence electrons. The van der Waals surface area contributed by atoms with Crippen molar-refractivity contribution in [1.82, 2.24) is 9.55 Å². The van der Waals surface area contributed by atoms with E-state index in [1.54, 1.807) is 0 Å². The van der Waals surface area contributed by atoms with Gasteiger partial charge in [0, 0.05) is 23.5 Å². The first-order valence-corrected chi connectivity index (χ1v) is 12.3. The average Bonchev–Trinajstić information content (AvgIpc) is 3.24. The lowest BCUT2D eigenvalue weighted by Crippen LogP contribution is -1.94. The molecule has 0 aliphatic carbocycles. The van der Waals surface area contributed by atoms with E-state index in [0.29, 0.717) is 0 Å². The Morgan fingerprint density at radius 2 is 1.37 bits per heavy atom. The van der Waals surface area contributed by atoms with Crippen LogP contribution in [0.3, 0.4) is 0 Å². The Morgan fingerprint density at radius 1 is 0.600 bits per heavy atom. The highest BCUT2D eigenvalue weighted by Crippen LogP contribution is 2.44. The normalized spacial score (nSPS) is 12.3. The van der Waals surface area contributed by atoms with Crippen LogP contribution in [0.15, 0.2) is 103 Å². The van der Waals surface area contributed by atoms with E-state index in [9.17, 15) is 0 Å². The Kier molecular flexibility index (Phi) is 3.68. The third-order valence-corrected chi connectivity index (χ3v) is 7.79. The summed E-state index contributed by atoms with van der Waals surface area (Å²) in [6, 6.07) is 33.8. The lowest BCUT2D eigenvalue weighted by molar-refractivity contribution is 0.826. The standard InChI is InChI=1S/C33H22N2/c1-2-35-29-18-24-11-13-26-25(23-8-7-20-5-3-4-6-22(20)17-23)12-9-21-10-14-28(32(24)31(21)26)33(29)27-15-16-34-19-30(27)35/h3-19H,2H2,1H3. The van der Waals surface area contributed by atoms with Crippen molar-refractivity contribution in [1.29, 1.82) is 0 Å². The molecule has 2 heterocycles. The molecule has 0 amide bonds. The molecule has 0 saturated heterocycles. The number of hydrogen-bond acceptors (Lipinski definition) is 1. The summed E-state index contributed by atoms with van der Waals surface area (Å²) in [7, 11) is 0. The fourth-order valence-electron chi connectivity index (χ4n) is 6.25. The van der Waals surface area contributed by atoms with Gasteiger partial charge in [-0.05, 0) is 79.3 Å². The van der Waals surface area contributed by atoms with Gasteiger partial charge in [0.25, 0.3) is 0 Å². The summed E-state index contributed by atoms with van der Waals surface area (Å²) in [6.07, 6.45) is 3.92. The fraction of sp³-hybridized carbons (Fsp3) is 0.0606.